The maximum Gasteiger partial charge on any atom is 0.344 e. The summed E-state index contributed by atoms with van der Waals surface area (Å²) in [7, 11) is -3.99. The van der Waals surface area contributed by atoms with Crippen LogP contribution in [0.2, 0.25) is 5.02 Å². The van der Waals surface area contributed by atoms with Crippen molar-refractivity contribution in [2.45, 2.75) is 31.1 Å². The lowest BCUT2D eigenvalue weighted by molar-refractivity contribution is -0.145. The lowest BCUT2D eigenvalue weighted by Crippen LogP contribution is -2.46. The normalized spacial score (nSPS) is 14.5. The molecule has 1 aliphatic carbocycles. The average molecular weight is 485 g/mol. The fourth-order valence-electron chi connectivity index (χ4n) is 2.91. The number of amides is 1. The molecule has 2 aromatic rings. The van der Waals surface area contributed by atoms with Gasteiger partial charge in [-0.2, -0.15) is 4.72 Å². The number of hydrogen-bond donors (Lipinski definition) is 2. The molecule has 1 amide bonds. The summed E-state index contributed by atoms with van der Waals surface area (Å²) >= 11 is 5.69. The van der Waals surface area contributed by atoms with E-state index in [1.54, 1.807) is 31.2 Å². The van der Waals surface area contributed by atoms with Crippen LogP contribution in [0.1, 0.15) is 25.3 Å². The van der Waals surface area contributed by atoms with Crippen molar-refractivity contribution in [1.82, 2.24) is 4.72 Å². The summed E-state index contributed by atoms with van der Waals surface area (Å²) in [6.45, 7) is 1.71. The molecule has 0 atom stereocenters. The van der Waals surface area contributed by atoms with E-state index in [1.807, 2.05) is 0 Å². The van der Waals surface area contributed by atoms with Gasteiger partial charge < -0.3 is 14.8 Å². The molecule has 32 heavy (non-hydrogen) atoms. The summed E-state index contributed by atoms with van der Waals surface area (Å²) in [6.07, 6.45) is 0.643. The van der Waals surface area contributed by atoms with E-state index in [0.717, 1.165) is 6.07 Å². The van der Waals surface area contributed by atoms with Crippen LogP contribution in [-0.4, -0.2) is 39.0 Å². The second-order valence-electron chi connectivity index (χ2n) is 7.25. The van der Waals surface area contributed by atoms with Crippen molar-refractivity contribution < 1.29 is 31.9 Å². The Morgan fingerprint density at radius 1 is 1.16 bits per heavy atom. The first-order valence-electron chi connectivity index (χ1n) is 9.78. The number of nitrogens with one attached hydrogen (secondary N) is 2. The number of rotatable bonds is 10. The van der Waals surface area contributed by atoms with E-state index in [1.165, 1.54) is 12.1 Å². The van der Waals surface area contributed by atoms with Crippen LogP contribution in [0, 0.1) is 5.82 Å². The highest BCUT2D eigenvalue weighted by Gasteiger charge is 2.52. The van der Waals surface area contributed by atoms with Crippen LogP contribution in [0.3, 0.4) is 0 Å². The summed E-state index contributed by atoms with van der Waals surface area (Å²) in [5.74, 6) is -1.95. The first kappa shape index (κ1) is 24.0. The maximum atomic E-state index is 14.0. The lowest BCUT2D eigenvalue weighted by Gasteiger charge is -2.18. The number of carbonyl (C=O) groups excluding carboxylic acids is 2. The zero-order chi connectivity index (χ0) is 23.4. The molecule has 1 saturated carbocycles. The van der Waals surface area contributed by atoms with E-state index in [0.29, 0.717) is 24.3 Å². The minimum atomic E-state index is -3.99. The van der Waals surface area contributed by atoms with Gasteiger partial charge in [0.15, 0.2) is 6.61 Å². The molecule has 0 spiro atoms. The second-order valence-corrected chi connectivity index (χ2v) is 9.41. The first-order valence-corrected chi connectivity index (χ1v) is 11.8. The minimum absolute atomic E-state index is 0.0449. The van der Waals surface area contributed by atoms with Crippen molar-refractivity contribution in [3.8, 4) is 5.75 Å². The van der Waals surface area contributed by atoms with Crippen molar-refractivity contribution in [2.24, 2.45) is 0 Å². The van der Waals surface area contributed by atoms with Crippen molar-refractivity contribution in [1.29, 1.82) is 0 Å². The van der Waals surface area contributed by atoms with Crippen LogP contribution < -0.4 is 14.8 Å². The zero-order valence-electron chi connectivity index (χ0n) is 17.2. The molecule has 0 aliphatic heterocycles. The molecule has 0 heterocycles. The van der Waals surface area contributed by atoms with E-state index < -0.39 is 39.0 Å². The Morgan fingerprint density at radius 3 is 2.44 bits per heavy atom. The van der Waals surface area contributed by atoms with Crippen LogP contribution in [0.25, 0.3) is 0 Å². The summed E-state index contributed by atoms with van der Waals surface area (Å²) in [6, 6.07) is 9.96. The van der Waals surface area contributed by atoms with Gasteiger partial charge in [-0.15, -0.1) is 0 Å². The van der Waals surface area contributed by atoms with Gasteiger partial charge in [0.1, 0.15) is 17.1 Å². The summed E-state index contributed by atoms with van der Waals surface area (Å²) in [4.78, 5) is 24.0. The molecule has 0 saturated heterocycles. The predicted octanol–water partition coefficient (Wildman–Crippen LogP) is 3.01. The van der Waals surface area contributed by atoms with Gasteiger partial charge in [0.25, 0.3) is 0 Å². The van der Waals surface area contributed by atoms with Gasteiger partial charge >= 0.3 is 5.97 Å². The fraction of sp³-hybridized carbons (Fsp3) is 0.333. The number of hydrogen-bond acceptors (Lipinski definition) is 6. The van der Waals surface area contributed by atoms with Gasteiger partial charge in [0.2, 0.25) is 15.9 Å². The largest absolute Gasteiger partial charge is 0.482 e. The topological polar surface area (TPSA) is 111 Å². The van der Waals surface area contributed by atoms with E-state index in [9.17, 15) is 22.4 Å². The number of benzene rings is 2. The molecular weight excluding hydrogens is 463 g/mol. The Morgan fingerprint density at radius 2 is 1.84 bits per heavy atom. The molecule has 0 radical (unpaired) electrons. The highest BCUT2D eigenvalue weighted by atomic mass is 35.5. The third kappa shape index (κ3) is 6.41. The minimum Gasteiger partial charge on any atom is -0.482 e. The van der Waals surface area contributed by atoms with Crippen LogP contribution in [0.15, 0.2) is 42.5 Å². The summed E-state index contributed by atoms with van der Waals surface area (Å²) in [5, 5.41) is 2.82. The van der Waals surface area contributed by atoms with E-state index in [-0.39, 0.29) is 23.8 Å². The molecule has 0 bridgehead atoms. The SMILES string of the molecule is CCOC(=O)COc1ccc(NC(=O)C2(NS(=O)(=O)Cc3ccc(Cl)cc3F)CC2)cc1. The van der Waals surface area contributed by atoms with Crippen LogP contribution in [0.5, 0.6) is 5.75 Å². The molecule has 0 aromatic heterocycles. The second kappa shape index (κ2) is 9.85. The van der Waals surface area contributed by atoms with E-state index in [4.69, 9.17) is 21.1 Å². The third-order valence-electron chi connectivity index (χ3n) is 4.67. The number of carbonyl (C=O) groups is 2. The summed E-state index contributed by atoms with van der Waals surface area (Å²) in [5.41, 5.74) is -0.898. The molecule has 3 rings (SSSR count). The Labute approximate surface area is 190 Å². The van der Waals surface area contributed by atoms with Gasteiger partial charge in [-0.3, -0.25) is 4.79 Å². The summed E-state index contributed by atoms with van der Waals surface area (Å²) < 4.78 is 51.4. The van der Waals surface area contributed by atoms with E-state index in [2.05, 4.69) is 10.0 Å². The van der Waals surface area contributed by atoms with Gasteiger partial charge in [0, 0.05) is 16.3 Å². The molecule has 0 unspecified atom stereocenters. The average Bonchev–Trinajstić information content (AvgIpc) is 3.50. The zero-order valence-corrected chi connectivity index (χ0v) is 18.8. The lowest BCUT2D eigenvalue weighted by atomic mass is 10.2. The third-order valence-corrected chi connectivity index (χ3v) is 6.30. The Balaban J connectivity index is 1.58. The van der Waals surface area contributed by atoms with Gasteiger partial charge in [-0.05, 0) is 56.2 Å². The smallest absolute Gasteiger partial charge is 0.344 e. The molecule has 11 heteroatoms. The first-order chi connectivity index (χ1) is 15.1. The number of esters is 1. The Kier molecular flexibility index (Phi) is 7.37. The Bertz CT molecular complexity index is 1100. The standard InChI is InChI=1S/C21H22ClFN2O6S/c1-2-30-19(26)12-31-17-7-5-16(6-8-17)24-20(27)21(9-10-21)25-32(28,29)13-14-3-4-15(22)11-18(14)23/h3-8,11,25H,2,9-10,12-13H2,1H3,(H,24,27). The van der Waals surface area contributed by atoms with Gasteiger partial charge in [-0.1, -0.05) is 17.7 Å². The number of ether oxygens (including phenoxy) is 2. The molecule has 1 fully saturated rings. The van der Waals surface area contributed by atoms with Crippen LogP contribution >= 0.6 is 11.6 Å². The Hall–Kier alpha value is -2.69. The molecular formula is C21H22ClFN2O6S. The van der Waals surface area contributed by atoms with Crippen molar-refractivity contribution in [3.63, 3.8) is 0 Å². The molecule has 2 N–H and O–H groups in total. The highest BCUT2D eigenvalue weighted by molar-refractivity contribution is 7.88. The van der Waals surface area contributed by atoms with Crippen LogP contribution in [0.4, 0.5) is 10.1 Å². The van der Waals surface area contributed by atoms with Crippen molar-refractivity contribution >= 4 is 39.2 Å². The molecule has 172 valence electrons. The molecule has 2 aromatic carbocycles. The fourth-order valence-corrected chi connectivity index (χ4v) is 4.67. The monoisotopic (exact) mass is 484 g/mol. The number of sulfonamides is 1. The number of halogens is 2. The predicted molar refractivity (Wildman–Crippen MR) is 116 cm³/mol. The molecule has 1 aliphatic rings. The quantitative estimate of drug-likeness (QED) is 0.501. The van der Waals surface area contributed by atoms with Crippen LogP contribution in [-0.2, 0) is 30.1 Å². The van der Waals surface area contributed by atoms with Crippen molar-refractivity contribution in [2.75, 3.05) is 18.5 Å². The van der Waals surface area contributed by atoms with Gasteiger partial charge in [0.05, 0.1) is 12.4 Å². The maximum absolute atomic E-state index is 14.0. The molecule has 8 nitrogen and oxygen atoms in total. The highest BCUT2D eigenvalue weighted by Crippen LogP contribution is 2.38. The van der Waals surface area contributed by atoms with Crippen molar-refractivity contribution in [3.05, 3.63) is 58.9 Å². The van der Waals surface area contributed by atoms with Gasteiger partial charge in [-0.25, -0.2) is 17.6 Å². The number of anilines is 1. The van der Waals surface area contributed by atoms with E-state index >= 15 is 0 Å².